The molecular formula is C20H20N6O2. The molecule has 0 aromatic carbocycles. The standard InChI is InChI=1S/C20H20N6O2/c1-4-18(28)16-5-11(2)15(9-21-16)14-6-13-8-22-19(25-12(3)27)7-17(13)26-20(14)23-10-24-26/h5-10,18,28H,4H2,1-3H3,(H,22,25,27)/t18-/m0/s1. The highest BCUT2D eigenvalue weighted by molar-refractivity contribution is 5.94. The lowest BCUT2D eigenvalue weighted by Gasteiger charge is -2.13. The van der Waals surface area contributed by atoms with E-state index in [-0.39, 0.29) is 5.91 Å². The highest BCUT2D eigenvalue weighted by Crippen LogP contribution is 2.31. The van der Waals surface area contributed by atoms with E-state index in [0.29, 0.717) is 23.6 Å². The SMILES string of the molecule is CC[C@H](O)c1cc(C)c(-c2cc3cnc(NC(C)=O)cc3n3ncnc23)cn1. The molecule has 0 spiro atoms. The predicted octanol–water partition coefficient (Wildman–Crippen LogP) is 3.05. The van der Waals surface area contributed by atoms with E-state index in [4.69, 9.17) is 0 Å². The van der Waals surface area contributed by atoms with Gasteiger partial charge in [0.25, 0.3) is 0 Å². The molecule has 0 aliphatic carbocycles. The molecule has 4 aromatic heterocycles. The summed E-state index contributed by atoms with van der Waals surface area (Å²) >= 11 is 0. The third kappa shape index (κ3) is 3.07. The van der Waals surface area contributed by atoms with Crippen LogP contribution in [0.25, 0.3) is 27.7 Å². The summed E-state index contributed by atoms with van der Waals surface area (Å²) in [6.45, 7) is 5.34. The number of aliphatic hydroxyl groups excluding tert-OH is 1. The molecule has 0 saturated carbocycles. The van der Waals surface area contributed by atoms with Crippen molar-refractivity contribution in [3.05, 3.63) is 48.2 Å². The van der Waals surface area contributed by atoms with Crippen molar-refractivity contribution in [2.24, 2.45) is 0 Å². The zero-order valence-electron chi connectivity index (χ0n) is 15.8. The van der Waals surface area contributed by atoms with Crippen LogP contribution >= 0.6 is 0 Å². The first-order valence-corrected chi connectivity index (χ1v) is 9.03. The fraction of sp³-hybridized carbons (Fsp3) is 0.250. The van der Waals surface area contributed by atoms with Crippen molar-refractivity contribution < 1.29 is 9.90 Å². The average molecular weight is 376 g/mol. The number of pyridine rings is 3. The van der Waals surface area contributed by atoms with E-state index >= 15 is 0 Å². The van der Waals surface area contributed by atoms with E-state index in [1.54, 1.807) is 23.0 Å². The monoisotopic (exact) mass is 376 g/mol. The topological polar surface area (TPSA) is 105 Å². The van der Waals surface area contributed by atoms with Crippen molar-refractivity contribution in [3.63, 3.8) is 0 Å². The van der Waals surface area contributed by atoms with Crippen LogP contribution in [0.2, 0.25) is 0 Å². The number of carbonyl (C=O) groups excluding carboxylic acids is 1. The van der Waals surface area contributed by atoms with Crippen LogP contribution in [-0.2, 0) is 4.79 Å². The molecule has 4 rings (SSSR count). The molecule has 28 heavy (non-hydrogen) atoms. The zero-order chi connectivity index (χ0) is 19.8. The lowest BCUT2D eigenvalue weighted by Crippen LogP contribution is -2.07. The van der Waals surface area contributed by atoms with Crippen molar-refractivity contribution >= 4 is 28.3 Å². The Bertz CT molecular complexity index is 1200. The minimum absolute atomic E-state index is 0.186. The second-order valence-corrected chi connectivity index (χ2v) is 6.71. The Balaban J connectivity index is 1.90. The van der Waals surface area contributed by atoms with Gasteiger partial charge in [-0.25, -0.2) is 14.5 Å². The Morgan fingerprint density at radius 2 is 2.00 bits per heavy atom. The smallest absolute Gasteiger partial charge is 0.222 e. The molecule has 0 fully saturated rings. The van der Waals surface area contributed by atoms with Crippen molar-refractivity contribution in [1.82, 2.24) is 24.6 Å². The molecule has 2 N–H and O–H groups in total. The number of aromatic nitrogens is 5. The lowest BCUT2D eigenvalue weighted by molar-refractivity contribution is -0.114. The highest BCUT2D eigenvalue weighted by atomic mass is 16.3. The van der Waals surface area contributed by atoms with Gasteiger partial charge < -0.3 is 10.4 Å². The molecular weight excluding hydrogens is 356 g/mol. The van der Waals surface area contributed by atoms with Gasteiger partial charge in [-0.2, -0.15) is 5.10 Å². The molecule has 142 valence electrons. The third-order valence-electron chi connectivity index (χ3n) is 4.68. The molecule has 0 aliphatic heterocycles. The Morgan fingerprint density at radius 3 is 2.71 bits per heavy atom. The highest BCUT2D eigenvalue weighted by Gasteiger charge is 2.16. The van der Waals surface area contributed by atoms with Crippen molar-refractivity contribution in [3.8, 4) is 11.1 Å². The van der Waals surface area contributed by atoms with E-state index in [0.717, 1.165) is 27.6 Å². The number of aliphatic hydroxyl groups is 1. The number of fused-ring (bicyclic) bond motifs is 3. The maximum atomic E-state index is 11.3. The van der Waals surface area contributed by atoms with Gasteiger partial charge in [0.15, 0.2) is 5.65 Å². The molecule has 1 amide bonds. The van der Waals surface area contributed by atoms with Gasteiger partial charge >= 0.3 is 0 Å². The van der Waals surface area contributed by atoms with Gasteiger partial charge in [-0.1, -0.05) is 6.92 Å². The summed E-state index contributed by atoms with van der Waals surface area (Å²) < 4.78 is 1.73. The minimum atomic E-state index is -0.575. The van der Waals surface area contributed by atoms with E-state index in [1.807, 2.05) is 26.0 Å². The van der Waals surface area contributed by atoms with Crippen molar-refractivity contribution in [2.45, 2.75) is 33.3 Å². The molecule has 0 radical (unpaired) electrons. The molecule has 1 atom stereocenters. The second kappa shape index (κ2) is 6.97. The summed E-state index contributed by atoms with van der Waals surface area (Å²) in [6.07, 6.45) is 4.99. The number of nitrogens with one attached hydrogen (secondary N) is 1. The van der Waals surface area contributed by atoms with Crippen molar-refractivity contribution in [2.75, 3.05) is 5.32 Å². The molecule has 0 unspecified atom stereocenters. The molecule has 0 bridgehead atoms. The van der Waals surface area contributed by atoms with Crippen LogP contribution in [0.3, 0.4) is 0 Å². The first kappa shape index (κ1) is 18.0. The summed E-state index contributed by atoms with van der Waals surface area (Å²) in [4.78, 5) is 24.5. The van der Waals surface area contributed by atoms with Crippen LogP contribution in [0.4, 0.5) is 5.82 Å². The molecule has 4 aromatic rings. The van der Waals surface area contributed by atoms with Gasteiger partial charge in [0.05, 0.1) is 17.3 Å². The molecule has 4 heterocycles. The number of aryl methyl sites for hydroxylation is 1. The fourth-order valence-corrected chi connectivity index (χ4v) is 3.27. The quantitative estimate of drug-likeness (QED) is 0.567. The average Bonchev–Trinajstić information content (AvgIpc) is 3.17. The maximum absolute atomic E-state index is 11.3. The zero-order valence-corrected chi connectivity index (χ0v) is 15.8. The van der Waals surface area contributed by atoms with Gasteiger partial charge in [-0.05, 0) is 31.0 Å². The summed E-state index contributed by atoms with van der Waals surface area (Å²) in [6, 6.07) is 5.66. The Labute approximate surface area is 161 Å². The number of amides is 1. The van der Waals surface area contributed by atoms with Gasteiger partial charge in [0, 0.05) is 41.9 Å². The molecule has 8 heteroatoms. The van der Waals surface area contributed by atoms with Crippen molar-refractivity contribution in [1.29, 1.82) is 0 Å². The number of carbonyl (C=O) groups is 1. The van der Waals surface area contributed by atoms with E-state index < -0.39 is 6.10 Å². The number of nitrogens with zero attached hydrogens (tertiary/aromatic N) is 5. The van der Waals surface area contributed by atoms with Crippen LogP contribution in [0.15, 0.2) is 36.9 Å². The van der Waals surface area contributed by atoms with Crippen LogP contribution in [-0.4, -0.2) is 35.6 Å². The lowest BCUT2D eigenvalue weighted by atomic mass is 10.0. The van der Waals surface area contributed by atoms with Gasteiger partial charge in [0.2, 0.25) is 5.91 Å². The number of anilines is 1. The van der Waals surface area contributed by atoms with Gasteiger partial charge in [-0.3, -0.25) is 9.78 Å². The van der Waals surface area contributed by atoms with Crippen LogP contribution in [0.5, 0.6) is 0 Å². The normalized spacial score (nSPS) is 12.4. The molecule has 0 saturated heterocycles. The summed E-state index contributed by atoms with van der Waals surface area (Å²) in [5, 5.41) is 17.9. The maximum Gasteiger partial charge on any atom is 0.222 e. The second-order valence-electron chi connectivity index (χ2n) is 6.71. The van der Waals surface area contributed by atoms with Gasteiger partial charge in [-0.15, -0.1) is 0 Å². The molecule has 0 aliphatic rings. The first-order valence-electron chi connectivity index (χ1n) is 9.03. The van der Waals surface area contributed by atoms with E-state index in [9.17, 15) is 9.90 Å². The Hall–Kier alpha value is -3.39. The summed E-state index contributed by atoms with van der Waals surface area (Å²) in [5.41, 5.74) is 4.91. The van der Waals surface area contributed by atoms with Gasteiger partial charge in [0.1, 0.15) is 12.1 Å². The number of hydrogen-bond donors (Lipinski definition) is 2. The van der Waals surface area contributed by atoms with E-state index in [2.05, 4.69) is 25.4 Å². The molecule has 8 nitrogen and oxygen atoms in total. The van der Waals surface area contributed by atoms with Crippen LogP contribution < -0.4 is 5.32 Å². The Kier molecular flexibility index (Phi) is 4.48. The van der Waals surface area contributed by atoms with Crippen LogP contribution in [0, 0.1) is 6.92 Å². The first-order chi connectivity index (χ1) is 13.5. The predicted molar refractivity (Wildman–Crippen MR) is 106 cm³/mol. The minimum Gasteiger partial charge on any atom is -0.387 e. The largest absolute Gasteiger partial charge is 0.387 e. The fourth-order valence-electron chi connectivity index (χ4n) is 3.27. The number of hydrogen-bond acceptors (Lipinski definition) is 6. The summed E-state index contributed by atoms with van der Waals surface area (Å²) in [7, 11) is 0. The Morgan fingerprint density at radius 1 is 1.18 bits per heavy atom. The van der Waals surface area contributed by atoms with Crippen LogP contribution in [0.1, 0.15) is 37.6 Å². The van der Waals surface area contributed by atoms with E-state index in [1.165, 1.54) is 13.3 Å². The number of rotatable bonds is 4. The third-order valence-corrected chi connectivity index (χ3v) is 4.68. The summed E-state index contributed by atoms with van der Waals surface area (Å²) in [5.74, 6) is 0.273.